The van der Waals surface area contributed by atoms with Gasteiger partial charge in [-0.15, -0.1) is 4.91 Å². The molecule has 0 N–H and O–H groups in total. The molecular formula is C33H37F2N5O4. The number of nitroso groups, excluding NO2 is 1. The van der Waals surface area contributed by atoms with Crippen molar-refractivity contribution in [3.63, 3.8) is 0 Å². The molecule has 3 aliphatic rings. The summed E-state index contributed by atoms with van der Waals surface area (Å²) in [5.41, 5.74) is 3.29. The molecule has 2 aromatic heterocycles. The van der Waals surface area contributed by atoms with Gasteiger partial charge in [0.1, 0.15) is 18.2 Å². The fourth-order valence-electron chi connectivity index (χ4n) is 6.59. The van der Waals surface area contributed by atoms with E-state index in [4.69, 9.17) is 14.5 Å². The zero-order chi connectivity index (χ0) is 30.6. The van der Waals surface area contributed by atoms with Crippen molar-refractivity contribution in [1.29, 1.82) is 0 Å². The summed E-state index contributed by atoms with van der Waals surface area (Å²) in [5, 5.41) is 2.56. The minimum Gasteiger partial charge on any atom is -0.485 e. The Morgan fingerprint density at radius 2 is 1.82 bits per heavy atom. The Morgan fingerprint density at radius 3 is 2.52 bits per heavy atom. The predicted molar refractivity (Wildman–Crippen MR) is 161 cm³/mol. The number of rotatable bonds is 8. The number of piperidine rings is 2. The van der Waals surface area contributed by atoms with Gasteiger partial charge in [-0.3, -0.25) is 14.7 Å². The van der Waals surface area contributed by atoms with Crippen LogP contribution >= 0.6 is 0 Å². The Bertz CT molecular complexity index is 1500. The number of hydrogen-bond donors (Lipinski definition) is 0. The summed E-state index contributed by atoms with van der Waals surface area (Å²) in [4.78, 5) is 36.4. The van der Waals surface area contributed by atoms with Crippen LogP contribution in [-0.2, 0) is 16.1 Å². The highest BCUT2D eigenvalue weighted by Gasteiger charge is 2.29. The van der Waals surface area contributed by atoms with Gasteiger partial charge in [0.05, 0.1) is 12.3 Å². The summed E-state index contributed by atoms with van der Waals surface area (Å²) in [6.45, 7) is 6.80. The molecule has 6 rings (SSSR count). The van der Waals surface area contributed by atoms with Gasteiger partial charge in [-0.25, -0.2) is 13.8 Å². The van der Waals surface area contributed by atoms with Crippen LogP contribution in [0.4, 0.5) is 14.6 Å². The summed E-state index contributed by atoms with van der Waals surface area (Å²) in [7, 11) is 0. The van der Waals surface area contributed by atoms with Gasteiger partial charge in [-0.2, -0.15) is 0 Å². The Balaban J connectivity index is 1.14. The second-order valence-electron chi connectivity index (χ2n) is 11.9. The first-order valence-electron chi connectivity index (χ1n) is 15.4. The van der Waals surface area contributed by atoms with E-state index >= 15 is 4.39 Å². The number of halogens is 2. The minimum atomic E-state index is -0.811. The van der Waals surface area contributed by atoms with Crippen molar-refractivity contribution in [3.8, 4) is 17.0 Å². The van der Waals surface area contributed by atoms with E-state index in [1.54, 1.807) is 12.1 Å². The minimum absolute atomic E-state index is 0.0702. The van der Waals surface area contributed by atoms with E-state index in [1.807, 2.05) is 30.0 Å². The largest absolute Gasteiger partial charge is 0.485 e. The van der Waals surface area contributed by atoms with Gasteiger partial charge in [-0.1, -0.05) is 12.1 Å². The van der Waals surface area contributed by atoms with Crippen molar-refractivity contribution in [2.24, 2.45) is 11.1 Å². The molecule has 0 aliphatic carbocycles. The van der Waals surface area contributed by atoms with Crippen LogP contribution in [0.1, 0.15) is 55.0 Å². The molecule has 0 spiro atoms. The van der Waals surface area contributed by atoms with Gasteiger partial charge < -0.3 is 14.4 Å². The van der Waals surface area contributed by atoms with Crippen LogP contribution in [0, 0.1) is 29.4 Å². The number of hydrogen-bond acceptors (Lipinski definition) is 8. The molecule has 1 aromatic carbocycles. The van der Waals surface area contributed by atoms with Crippen molar-refractivity contribution >= 4 is 11.7 Å². The van der Waals surface area contributed by atoms with Crippen molar-refractivity contribution in [1.82, 2.24) is 14.9 Å². The van der Waals surface area contributed by atoms with Crippen molar-refractivity contribution in [2.45, 2.75) is 57.6 Å². The number of anilines is 1. The Labute approximate surface area is 255 Å². The lowest BCUT2D eigenvalue weighted by atomic mass is 9.91. The maximum atomic E-state index is 15.2. The first-order valence-corrected chi connectivity index (χ1v) is 15.4. The fourth-order valence-corrected chi connectivity index (χ4v) is 6.59. The van der Waals surface area contributed by atoms with Gasteiger partial charge in [0, 0.05) is 71.3 Å². The second kappa shape index (κ2) is 13.4. The fraction of sp³-hybridized carbons (Fsp3) is 0.485. The van der Waals surface area contributed by atoms with Crippen molar-refractivity contribution in [3.05, 3.63) is 76.0 Å². The lowest BCUT2D eigenvalue weighted by Gasteiger charge is -2.35. The highest BCUT2D eigenvalue weighted by molar-refractivity contribution is 5.79. The Kier molecular flexibility index (Phi) is 9.22. The molecule has 9 nitrogen and oxygen atoms in total. The van der Waals surface area contributed by atoms with Crippen LogP contribution in [0.5, 0.6) is 5.75 Å². The molecule has 1 atom stereocenters. The molecule has 0 bridgehead atoms. The molecule has 3 saturated heterocycles. The summed E-state index contributed by atoms with van der Waals surface area (Å²) < 4.78 is 41.2. The average Bonchev–Trinajstić information content (AvgIpc) is 3.60. The predicted octanol–water partition coefficient (Wildman–Crippen LogP) is 5.79. The lowest BCUT2D eigenvalue weighted by molar-refractivity contribution is -0.122. The molecule has 3 aliphatic heterocycles. The number of aromatic nitrogens is 2. The van der Waals surface area contributed by atoms with Crippen molar-refractivity contribution < 1.29 is 23.0 Å². The van der Waals surface area contributed by atoms with Crippen LogP contribution in [0.25, 0.3) is 11.3 Å². The summed E-state index contributed by atoms with van der Waals surface area (Å²) in [6, 6.07) is 11.9. The van der Waals surface area contributed by atoms with Crippen LogP contribution in [0.2, 0.25) is 0 Å². The van der Waals surface area contributed by atoms with E-state index in [9.17, 15) is 14.1 Å². The molecule has 3 aromatic rings. The number of carbonyl (C=O) groups is 1. The standard InChI is InChI=1S/C33H37F2N5O4/c1-21-24(5-6-29(36-21)22-7-12-39(13-8-22)26-11-16-43-20-26)19-44-32-27(17-25(34)18-28(32)35)30-3-2-4-31(37-30)40-14-9-23(10-15-40)33(41)38-42/h2-6,17-18,22-23,26H,7-16,19-20H2,1H3. The van der Waals surface area contributed by atoms with Crippen LogP contribution in [-0.4, -0.2) is 66.2 Å². The number of amides is 1. The summed E-state index contributed by atoms with van der Waals surface area (Å²) in [6.07, 6.45) is 4.20. The van der Waals surface area contributed by atoms with Crippen LogP contribution in [0.3, 0.4) is 0 Å². The molecule has 5 heterocycles. The number of pyridine rings is 2. The highest BCUT2D eigenvalue weighted by atomic mass is 19.1. The molecule has 0 radical (unpaired) electrons. The van der Waals surface area contributed by atoms with Gasteiger partial charge in [0.2, 0.25) is 0 Å². The summed E-state index contributed by atoms with van der Waals surface area (Å²) >= 11 is 0. The van der Waals surface area contributed by atoms with Gasteiger partial charge >= 0.3 is 0 Å². The smallest absolute Gasteiger partial charge is 0.289 e. The zero-order valence-corrected chi connectivity index (χ0v) is 24.9. The highest BCUT2D eigenvalue weighted by Crippen LogP contribution is 2.35. The van der Waals surface area contributed by atoms with Crippen LogP contribution in [0.15, 0.2) is 47.6 Å². The molecule has 0 saturated carbocycles. The van der Waals surface area contributed by atoms with Gasteiger partial charge in [-0.05, 0) is 76.4 Å². The molecule has 44 heavy (non-hydrogen) atoms. The third-order valence-electron chi connectivity index (χ3n) is 9.24. The number of benzene rings is 1. The SMILES string of the molecule is Cc1nc(C2CCN(C3CCOC3)CC2)ccc1COc1c(F)cc(F)cc1-c1cccc(N2CCC(C(=O)N=O)CC2)n1. The molecule has 1 amide bonds. The third kappa shape index (κ3) is 6.63. The average molecular weight is 606 g/mol. The lowest BCUT2D eigenvalue weighted by Crippen LogP contribution is -2.41. The van der Waals surface area contributed by atoms with Gasteiger partial charge in [0.15, 0.2) is 11.6 Å². The van der Waals surface area contributed by atoms with Crippen molar-refractivity contribution in [2.75, 3.05) is 44.3 Å². The molecule has 11 heteroatoms. The number of ether oxygens (including phenoxy) is 2. The molecular weight excluding hydrogens is 568 g/mol. The number of likely N-dealkylation sites (tertiary alicyclic amines) is 1. The first-order chi connectivity index (χ1) is 21.4. The first kappa shape index (κ1) is 30.2. The van der Waals surface area contributed by atoms with E-state index in [0.717, 1.165) is 68.6 Å². The van der Waals surface area contributed by atoms with Gasteiger partial charge in [0.25, 0.3) is 5.91 Å². The third-order valence-corrected chi connectivity index (χ3v) is 9.24. The van der Waals surface area contributed by atoms with Crippen LogP contribution < -0.4 is 9.64 Å². The monoisotopic (exact) mass is 605 g/mol. The van der Waals surface area contributed by atoms with E-state index in [-0.39, 0.29) is 23.8 Å². The maximum absolute atomic E-state index is 15.2. The van der Waals surface area contributed by atoms with E-state index in [2.05, 4.69) is 15.1 Å². The topological polar surface area (TPSA) is 97.2 Å². The molecule has 3 fully saturated rings. The maximum Gasteiger partial charge on any atom is 0.289 e. The molecule has 232 valence electrons. The molecule has 1 unspecified atom stereocenters. The number of aryl methyl sites for hydroxylation is 1. The number of nitrogens with zero attached hydrogens (tertiary/aromatic N) is 5. The van der Waals surface area contributed by atoms with E-state index in [0.29, 0.717) is 49.4 Å². The zero-order valence-electron chi connectivity index (χ0n) is 24.9. The normalized spacial score (nSPS) is 20.2. The van der Waals surface area contributed by atoms with E-state index < -0.39 is 17.5 Å². The quantitative estimate of drug-likeness (QED) is 0.298. The second-order valence-corrected chi connectivity index (χ2v) is 11.9. The number of carbonyl (C=O) groups excluding carboxylic acids is 1. The summed E-state index contributed by atoms with van der Waals surface area (Å²) in [5.74, 6) is -1.62. The Morgan fingerprint density at radius 1 is 1.02 bits per heavy atom. The van der Waals surface area contributed by atoms with E-state index in [1.165, 1.54) is 6.07 Å². The Hall–Kier alpha value is -3.83.